The van der Waals surface area contributed by atoms with E-state index in [0.29, 0.717) is 12.3 Å². The van der Waals surface area contributed by atoms with Gasteiger partial charge in [0.25, 0.3) is 0 Å². The average molecular weight is 239 g/mol. The van der Waals surface area contributed by atoms with E-state index in [2.05, 4.69) is 10.6 Å². The number of nitrogens with zero attached hydrogens (tertiary/aromatic N) is 1. The molecule has 0 aromatic heterocycles. The Morgan fingerprint density at radius 3 is 2.41 bits per heavy atom. The molecule has 2 heterocycles. The molecule has 2 aliphatic heterocycles. The van der Waals surface area contributed by atoms with Crippen molar-refractivity contribution in [1.29, 1.82) is 0 Å². The molecule has 2 saturated heterocycles. The molecule has 5 heteroatoms. The van der Waals surface area contributed by atoms with Gasteiger partial charge in [-0.05, 0) is 31.8 Å². The van der Waals surface area contributed by atoms with Gasteiger partial charge in [-0.1, -0.05) is 0 Å². The number of rotatable bonds is 3. The maximum absolute atomic E-state index is 11.9. The van der Waals surface area contributed by atoms with E-state index in [1.807, 2.05) is 4.90 Å². The van der Waals surface area contributed by atoms with Crippen LogP contribution in [0.4, 0.5) is 0 Å². The number of carbonyl (C=O) groups is 2. The molecule has 0 atom stereocenters. The number of hydrogen-bond acceptors (Lipinski definition) is 3. The lowest BCUT2D eigenvalue weighted by Gasteiger charge is -2.34. The molecule has 2 rings (SSSR count). The molecule has 0 unspecified atom stereocenters. The Balaban J connectivity index is 1.74. The second-order valence-electron chi connectivity index (χ2n) is 5.00. The van der Waals surface area contributed by atoms with Gasteiger partial charge in [0.1, 0.15) is 0 Å². The zero-order chi connectivity index (χ0) is 12.3. The first-order valence-corrected chi connectivity index (χ1v) is 6.40. The first-order chi connectivity index (χ1) is 8.20. The third kappa shape index (κ3) is 2.97. The van der Waals surface area contributed by atoms with Gasteiger partial charge < -0.3 is 15.5 Å². The number of amides is 2. The Hall–Kier alpha value is -1.10. The topological polar surface area (TPSA) is 61.4 Å². The minimum Gasteiger partial charge on any atom is -0.359 e. The summed E-state index contributed by atoms with van der Waals surface area (Å²) in [5.41, 5.74) is 0. The Kier molecular flexibility index (Phi) is 3.99. The summed E-state index contributed by atoms with van der Waals surface area (Å²) in [4.78, 5) is 25.3. The van der Waals surface area contributed by atoms with Crippen LogP contribution in [-0.2, 0) is 9.59 Å². The third-order valence-electron chi connectivity index (χ3n) is 3.79. The summed E-state index contributed by atoms with van der Waals surface area (Å²) in [6, 6.07) is 0. The highest BCUT2D eigenvalue weighted by Crippen LogP contribution is 2.19. The smallest absolute Gasteiger partial charge is 0.222 e. The summed E-state index contributed by atoms with van der Waals surface area (Å²) in [5, 5.41) is 5.85. The predicted octanol–water partition coefficient (Wildman–Crippen LogP) is -0.419. The van der Waals surface area contributed by atoms with Crippen molar-refractivity contribution in [2.45, 2.75) is 19.3 Å². The largest absolute Gasteiger partial charge is 0.359 e. The molecular formula is C12H21N3O2. The molecule has 0 aliphatic carbocycles. The number of carbonyl (C=O) groups excluding carboxylic acids is 2. The summed E-state index contributed by atoms with van der Waals surface area (Å²) in [7, 11) is 1.67. The van der Waals surface area contributed by atoms with Gasteiger partial charge in [-0.15, -0.1) is 0 Å². The summed E-state index contributed by atoms with van der Waals surface area (Å²) in [6.07, 6.45) is 2.26. The van der Waals surface area contributed by atoms with Crippen molar-refractivity contribution in [1.82, 2.24) is 15.5 Å². The van der Waals surface area contributed by atoms with E-state index in [4.69, 9.17) is 0 Å². The molecule has 2 N–H and O–H groups in total. The van der Waals surface area contributed by atoms with Gasteiger partial charge >= 0.3 is 0 Å². The molecule has 0 spiro atoms. The van der Waals surface area contributed by atoms with Gasteiger partial charge in [-0.3, -0.25) is 9.59 Å². The average Bonchev–Trinajstić information content (AvgIpc) is 2.32. The van der Waals surface area contributed by atoms with E-state index in [0.717, 1.165) is 39.0 Å². The van der Waals surface area contributed by atoms with Crippen LogP contribution < -0.4 is 10.6 Å². The van der Waals surface area contributed by atoms with Crippen LogP contribution in [-0.4, -0.2) is 49.9 Å². The number of nitrogens with one attached hydrogen (secondary N) is 2. The molecule has 2 fully saturated rings. The summed E-state index contributed by atoms with van der Waals surface area (Å²) < 4.78 is 0. The van der Waals surface area contributed by atoms with Crippen LogP contribution in [0.5, 0.6) is 0 Å². The zero-order valence-corrected chi connectivity index (χ0v) is 10.4. The highest BCUT2D eigenvalue weighted by molar-refractivity contribution is 5.80. The Labute approximate surface area is 102 Å². The predicted molar refractivity (Wildman–Crippen MR) is 64.3 cm³/mol. The highest BCUT2D eigenvalue weighted by Gasteiger charge is 2.28. The number of piperidine rings is 1. The lowest BCUT2D eigenvalue weighted by atomic mass is 9.94. The van der Waals surface area contributed by atoms with Crippen molar-refractivity contribution in [2.75, 3.05) is 33.2 Å². The van der Waals surface area contributed by atoms with E-state index < -0.39 is 0 Å². The van der Waals surface area contributed by atoms with Crippen LogP contribution in [0.15, 0.2) is 0 Å². The van der Waals surface area contributed by atoms with Gasteiger partial charge in [0.15, 0.2) is 0 Å². The van der Waals surface area contributed by atoms with Crippen LogP contribution in [0, 0.1) is 11.8 Å². The van der Waals surface area contributed by atoms with E-state index >= 15 is 0 Å². The fourth-order valence-corrected chi connectivity index (χ4v) is 2.46. The standard InChI is InChI=1S/C12H21N3O2/c1-13-12(17)10-2-4-15(5-3-10)11(16)6-9-7-14-8-9/h9-10,14H,2-8H2,1H3,(H,13,17). The first-order valence-electron chi connectivity index (χ1n) is 6.40. The van der Waals surface area contributed by atoms with Gasteiger partial charge in [0.2, 0.25) is 11.8 Å². The Morgan fingerprint density at radius 1 is 1.29 bits per heavy atom. The first kappa shape index (κ1) is 12.4. The van der Waals surface area contributed by atoms with Crippen molar-refractivity contribution in [3.05, 3.63) is 0 Å². The van der Waals surface area contributed by atoms with Crippen LogP contribution in [0.2, 0.25) is 0 Å². The van der Waals surface area contributed by atoms with Crippen LogP contribution in [0.25, 0.3) is 0 Å². The number of hydrogen-bond donors (Lipinski definition) is 2. The SMILES string of the molecule is CNC(=O)C1CCN(C(=O)CC2CNC2)CC1. The Bertz CT molecular complexity index is 294. The molecule has 0 aromatic carbocycles. The fourth-order valence-electron chi connectivity index (χ4n) is 2.46. The summed E-state index contributed by atoms with van der Waals surface area (Å²) >= 11 is 0. The van der Waals surface area contributed by atoms with Crippen LogP contribution in [0.3, 0.4) is 0 Å². The minimum atomic E-state index is 0.0921. The van der Waals surface area contributed by atoms with Crippen molar-refractivity contribution >= 4 is 11.8 Å². The van der Waals surface area contributed by atoms with Crippen molar-refractivity contribution in [2.24, 2.45) is 11.8 Å². The Morgan fingerprint density at radius 2 is 1.94 bits per heavy atom. The molecule has 0 bridgehead atoms. The van der Waals surface area contributed by atoms with Gasteiger partial charge in [0, 0.05) is 32.5 Å². The summed E-state index contributed by atoms with van der Waals surface area (Å²) in [6.45, 7) is 3.41. The zero-order valence-electron chi connectivity index (χ0n) is 10.4. The fraction of sp³-hybridized carbons (Fsp3) is 0.833. The van der Waals surface area contributed by atoms with Crippen LogP contribution >= 0.6 is 0 Å². The third-order valence-corrected chi connectivity index (χ3v) is 3.79. The highest BCUT2D eigenvalue weighted by atomic mass is 16.2. The molecule has 0 saturated carbocycles. The molecule has 0 aromatic rings. The van der Waals surface area contributed by atoms with Crippen LogP contribution in [0.1, 0.15) is 19.3 Å². The summed E-state index contributed by atoms with van der Waals surface area (Å²) in [5.74, 6) is 0.987. The second-order valence-corrected chi connectivity index (χ2v) is 5.00. The van der Waals surface area contributed by atoms with E-state index in [1.165, 1.54) is 0 Å². The molecular weight excluding hydrogens is 218 g/mol. The molecule has 17 heavy (non-hydrogen) atoms. The maximum atomic E-state index is 11.9. The molecule has 96 valence electrons. The monoisotopic (exact) mass is 239 g/mol. The van der Waals surface area contributed by atoms with Gasteiger partial charge in [-0.2, -0.15) is 0 Å². The van der Waals surface area contributed by atoms with E-state index in [9.17, 15) is 9.59 Å². The lowest BCUT2D eigenvalue weighted by molar-refractivity contribution is -0.136. The van der Waals surface area contributed by atoms with Crippen molar-refractivity contribution in [3.8, 4) is 0 Å². The van der Waals surface area contributed by atoms with Crippen molar-refractivity contribution < 1.29 is 9.59 Å². The quantitative estimate of drug-likeness (QED) is 0.703. The molecule has 0 radical (unpaired) electrons. The van der Waals surface area contributed by atoms with Gasteiger partial charge in [-0.25, -0.2) is 0 Å². The maximum Gasteiger partial charge on any atom is 0.222 e. The van der Waals surface area contributed by atoms with E-state index in [1.54, 1.807) is 7.05 Å². The van der Waals surface area contributed by atoms with Crippen molar-refractivity contribution in [3.63, 3.8) is 0 Å². The molecule has 5 nitrogen and oxygen atoms in total. The van der Waals surface area contributed by atoms with E-state index in [-0.39, 0.29) is 17.7 Å². The normalized spacial score (nSPS) is 22.1. The minimum absolute atomic E-state index is 0.0921. The molecule has 2 amide bonds. The molecule has 2 aliphatic rings. The number of likely N-dealkylation sites (tertiary alicyclic amines) is 1. The van der Waals surface area contributed by atoms with Gasteiger partial charge in [0.05, 0.1) is 0 Å². The lowest BCUT2D eigenvalue weighted by Crippen LogP contribution is -2.47. The second kappa shape index (κ2) is 5.49.